The lowest BCUT2D eigenvalue weighted by Gasteiger charge is -2.44. The number of halogens is 1. The predicted molar refractivity (Wildman–Crippen MR) is 66.7 cm³/mol. The Labute approximate surface area is 97.0 Å². The standard InChI is InChI=1S/C13H18ClN/c1-13(2)9-5-6-10-15(13)12-8-4-3-7-11(12)14/h3-4,7-8H,5-6,9-10H2,1-2H3. The van der Waals surface area contributed by atoms with Crippen LogP contribution in [0.5, 0.6) is 0 Å². The minimum atomic E-state index is 0.239. The van der Waals surface area contributed by atoms with Gasteiger partial charge in [-0.15, -0.1) is 0 Å². The van der Waals surface area contributed by atoms with Gasteiger partial charge in [0.25, 0.3) is 0 Å². The zero-order chi connectivity index (χ0) is 10.9. The number of nitrogens with zero attached hydrogens (tertiary/aromatic N) is 1. The Morgan fingerprint density at radius 1 is 1.20 bits per heavy atom. The number of anilines is 1. The largest absolute Gasteiger partial charge is 0.365 e. The lowest BCUT2D eigenvalue weighted by atomic mass is 9.90. The monoisotopic (exact) mass is 223 g/mol. The summed E-state index contributed by atoms with van der Waals surface area (Å²) in [6.07, 6.45) is 3.85. The molecule has 0 spiro atoms. The summed E-state index contributed by atoms with van der Waals surface area (Å²) in [4.78, 5) is 2.44. The molecular weight excluding hydrogens is 206 g/mol. The molecule has 0 atom stereocenters. The molecule has 0 bridgehead atoms. The van der Waals surface area contributed by atoms with Crippen LogP contribution in [0.3, 0.4) is 0 Å². The minimum absolute atomic E-state index is 0.239. The van der Waals surface area contributed by atoms with Gasteiger partial charge in [0.15, 0.2) is 0 Å². The number of hydrogen-bond donors (Lipinski definition) is 0. The maximum Gasteiger partial charge on any atom is 0.0639 e. The van der Waals surface area contributed by atoms with Crippen LogP contribution in [0.1, 0.15) is 33.1 Å². The van der Waals surface area contributed by atoms with Crippen LogP contribution < -0.4 is 4.90 Å². The molecule has 1 aliphatic rings. The van der Waals surface area contributed by atoms with E-state index in [4.69, 9.17) is 11.6 Å². The molecule has 2 rings (SSSR count). The van der Waals surface area contributed by atoms with Crippen LogP contribution in [0.4, 0.5) is 5.69 Å². The molecule has 1 aliphatic heterocycles. The van der Waals surface area contributed by atoms with Crippen LogP contribution in [0.2, 0.25) is 5.02 Å². The number of benzene rings is 1. The Bertz CT molecular complexity index is 346. The molecule has 0 aromatic heterocycles. The van der Waals surface area contributed by atoms with E-state index in [1.165, 1.54) is 24.9 Å². The van der Waals surface area contributed by atoms with Gasteiger partial charge >= 0.3 is 0 Å². The van der Waals surface area contributed by atoms with Gasteiger partial charge in [-0.25, -0.2) is 0 Å². The van der Waals surface area contributed by atoms with Gasteiger partial charge in [0.1, 0.15) is 0 Å². The molecule has 1 heterocycles. The molecule has 0 saturated carbocycles. The Balaban J connectivity index is 2.33. The van der Waals surface area contributed by atoms with Gasteiger partial charge < -0.3 is 4.90 Å². The van der Waals surface area contributed by atoms with E-state index in [-0.39, 0.29) is 5.54 Å². The van der Waals surface area contributed by atoms with Gasteiger partial charge in [0.05, 0.1) is 10.7 Å². The van der Waals surface area contributed by atoms with Crippen LogP contribution in [0.25, 0.3) is 0 Å². The Morgan fingerprint density at radius 3 is 2.60 bits per heavy atom. The Kier molecular flexibility index (Phi) is 2.92. The van der Waals surface area contributed by atoms with Crippen molar-refractivity contribution in [1.29, 1.82) is 0 Å². The van der Waals surface area contributed by atoms with E-state index in [0.29, 0.717) is 0 Å². The molecule has 82 valence electrons. The first-order valence-electron chi connectivity index (χ1n) is 5.63. The fourth-order valence-electron chi connectivity index (χ4n) is 2.38. The summed E-state index contributed by atoms with van der Waals surface area (Å²) in [5, 5.41) is 0.868. The topological polar surface area (TPSA) is 3.24 Å². The van der Waals surface area contributed by atoms with Gasteiger partial charge in [0, 0.05) is 12.1 Å². The van der Waals surface area contributed by atoms with Crippen LogP contribution in [-0.2, 0) is 0 Å². The van der Waals surface area contributed by atoms with Crippen molar-refractivity contribution in [3.05, 3.63) is 29.3 Å². The number of rotatable bonds is 1. The summed E-state index contributed by atoms with van der Waals surface area (Å²) < 4.78 is 0. The molecule has 0 unspecified atom stereocenters. The second-order valence-corrected chi connectivity index (χ2v) is 5.28. The first-order valence-corrected chi connectivity index (χ1v) is 6.01. The quantitative estimate of drug-likeness (QED) is 0.693. The van der Waals surface area contributed by atoms with E-state index >= 15 is 0 Å². The van der Waals surface area contributed by atoms with Crippen LogP contribution in [0.15, 0.2) is 24.3 Å². The summed E-state index contributed by atoms with van der Waals surface area (Å²) in [6.45, 7) is 5.72. The molecule has 1 aromatic rings. The smallest absolute Gasteiger partial charge is 0.0639 e. The highest BCUT2D eigenvalue weighted by Gasteiger charge is 2.30. The highest BCUT2D eigenvalue weighted by molar-refractivity contribution is 6.33. The van der Waals surface area contributed by atoms with E-state index in [0.717, 1.165) is 11.6 Å². The van der Waals surface area contributed by atoms with E-state index in [1.807, 2.05) is 12.1 Å². The summed E-state index contributed by atoms with van der Waals surface area (Å²) in [5.74, 6) is 0. The second-order valence-electron chi connectivity index (χ2n) is 4.87. The second kappa shape index (κ2) is 4.05. The lowest BCUT2D eigenvalue weighted by molar-refractivity contribution is 0.362. The molecule has 0 radical (unpaired) electrons. The molecule has 1 fully saturated rings. The fraction of sp³-hybridized carbons (Fsp3) is 0.538. The molecule has 0 amide bonds. The van der Waals surface area contributed by atoms with Gasteiger partial charge in [-0.3, -0.25) is 0 Å². The van der Waals surface area contributed by atoms with Crippen LogP contribution in [-0.4, -0.2) is 12.1 Å². The van der Waals surface area contributed by atoms with Crippen LogP contribution >= 0.6 is 11.6 Å². The molecule has 0 N–H and O–H groups in total. The SMILES string of the molecule is CC1(C)CCCCN1c1ccccc1Cl. The average molecular weight is 224 g/mol. The molecule has 2 heteroatoms. The average Bonchev–Trinajstić information content (AvgIpc) is 2.19. The lowest BCUT2D eigenvalue weighted by Crippen LogP contribution is -2.47. The summed E-state index contributed by atoms with van der Waals surface area (Å²) in [7, 11) is 0. The van der Waals surface area contributed by atoms with E-state index in [1.54, 1.807) is 0 Å². The third-order valence-corrected chi connectivity index (χ3v) is 3.61. The van der Waals surface area contributed by atoms with Crippen molar-refractivity contribution in [1.82, 2.24) is 0 Å². The number of piperidine rings is 1. The van der Waals surface area contributed by atoms with E-state index in [2.05, 4.69) is 30.9 Å². The predicted octanol–water partition coefficient (Wildman–Crippen LogP) is 4.11. The van der Waals surface area contributed by atoms with Crippen molar-refractivity contribution < 1.29 is 0 Å². The Hall–Kier alpha value is -0.690. The maximum atomic E-state index is 6.24. The van der Waals surface area contributed by atoms with Gasteiger partial charge in [-0.1, -0.05) is 23.7 Å². The molecule has 1 saturated heterocycles. The van der Waals surface area contributed by atoms with Crippen molar-refractivity contribution in [2.45, 2.75) is 38.6 Å². The van der Waals surface area contributed by atoms with Crippen molar-refractivity contribution >= 4 is 17.3 Å². The third kappa shape index (κ3) is 2.12. The molecule has 15 heavy (non-hydrogen) atoms. The van der Waals surface area contributed by atoms with Crippen molar-refractivity contribution in [3.63, 3.8) is 0 Å². The van der Waals surface area contributed by atoms with Gasteiger partial charge in [0.2, 0.25) is 0 Å². The minimum Gasteiger partial charge on any atom is -0.365 e. The molecule has 1 nitrogen and oxygen atoms in total. The fourth-order valence-corrected chi connectivity index (χ4v) is 2.62. The zero-order valence-corrected chi connectivity index (χ0v) is 10.2. The first-order chi connectivity index (χ1) is 7.11. The van der Waals surface area contributed by atoms with Crippen molar-refractivity contribution in [3.8, 4) is 0 Å². The number of hydrogen-bond acceptors (Lipinski definition) is 1. The molecule has 0 aliphatic carbocycles. The highest BCUT2D eigenvalue weighted by Crippen LogP contribution is 2.36. The highest BCUT2D eigenvalue weighted by atomic mass is 35.5. The maximum absolute atomic E-state index is 6.24. The molecular formula is C13H18ClN. The first kappa shape index (κ1) is 10.8. The summed E-state index contributed by atoms with van der Waals surface area (Å²) >= 11 is 6.24. The van der Waals surface area contributed by atoms with Crippen molar-refractivity contribution in [2.75, 3.05) is 11.4 Å². The zero-order valence-electron chi connectivity index (χ0n) is 9.46. The molecule has 1 aromatic carbocycles. The van der Waals surface area contributed by atoms with Gasteiger partial charge in [-0.05, 0) is 45.2 Å². The third-order valence-electron chi connectivity index (χ3n) is 3.29. The van der Waals surface area contributed by atoms with Gasteiger partial charge in [-0.2, -0.15) is 0 Å². The van der Waals surface area contributed by atoms with Crippen molar-refractivity contribution in [2.24, 2.45) is 0 Å². The normalized spacial score (nSPS) is 20.3. The summed E-state index contributed by atoms with van der Waals surface area (Å²) in [5.41, 5.74) is 1.42. The van der Waals surface area contributed by atoms with Crippen LogP contribution in [0, 0.1) is 0 Å². The summed E-state index contributed by atoms with van der Waals surface area (Å²) in [6, 6.07) is 8.14. The van der Waals surface area contributed by atoms with E-state index in [9.17, 15) is 0 Å². The Morgan fingerprint density at radius 2 is 1.93 bits per heavy atom. The number of para-hydroxylation sites is 1. The van der Waals surface area contributed by atoms with E-state index < -0.39 is 0 Å².